The molecule has 1 N–H and O–H groups in total. The first-order valence-corrected chi connectivity index (χ1v) is 10.1. The Balaban J connectivity index is 2.19. The third-order valence-electron chi connectivity index (χ3n) is 4.04. The lowest BCUT2D eigenvalue weighted by molar-refractivity contribution is 0.0514. The van der Waals surface area contributed by atoms with Crippen molar-refractivity contribution in [3.8, 4) is 11.4 Å². The van der Waals surface area contributed by atoms with Crippen LogP contribution in [0.1, 0.15) is 30.3 Å². The molecule has 146 valence electrons. The van der Waals surface area contributed by atoms with Gasteiger partial charge in [-0.3, -0.25) is 4.79 Å². The van der Waals surface area contributed by atoms with Crippen LogP contribution in [0.5, 0.6) is 5.75 Å². The molecule has 9 heteroatoms. The first kappa shape index (κ1) is 19.6. The Hall–Kier alpha value is -3.20. The molecule has 8 nitrogen and oxygen atoms in total. The van der Waals surface area contributed by atoms with Crippen LogP contribution >= 0.6 is 0 Å². The van der Waals surface area contributed by atoms with Gasteiger partial charge >= 0.3 is 5.97 Å². The SMILES string of the molecule is CCOC(=O)c1nn(-c2ccccc2S(=O)(=O)C2=CCCC=C2)cc(O)c1=O. The van der Waals surface area contributed by atoms with Crippen molar-refractivity contribution in [1.82, 2.24) is 9.78 Å². The van der Waals surface area contributed by atoms with E-state index in [-0.39, 0.29) is 22.1 Å². The van der Waals surface area contributed by atoms with E-state index < -0.39 is 32.7 Å². The van der Waals surface area contributed by atoms with E-state index >= 15 is 0 Å². The standard InChI is InChI=1S/C19H18N2O6S/c1-2-27-19(24)17-18(23)15(22)12-21(20-17)14-10-6-7-11-16(14)28(25,26)13-8-4-3-5-9-13/h4,6-12,22H,2-3,5H2,1H3. The fourth-order valence-corrected chi connectivity index (χ4v) is 4.28. The van der Waals surface area contributed by atoms with Gasteiger partial charge in [-0.05, 0) is 38.0 Å². The molecule has 0 spiro atoms. The highest BCUT2D eigenvalue weighted by molar-refractivity contribution is 7.95. The molecule has 1 aromatic carbocycles. The molecule has 2 aromatic rings. The maximum absolute atomic E-state index is 13.1. The van der Waals surface area contributed by atoms with Crippen LogP contribution in [0, 0.1) is 0 Å². The van der Waals surface area contributed by atoms with Crippen molar-refractivity contribution in [3.63, 3.8) is 0 Å². The minimum Gasteiger partial charge on any atom is -0.503 e. The highest BCUT2D eigenvalue weighted by Gasteiger charge is 2.25. The van der Waals surface area contributed by atoms with Gasteiger partial charge in [-0.25, -0.2) is 17.9 Å². The summed E-state index contributed by atoms with van der Waals surface area (Å²) in [5.41, 5.74) is -1.54. The van der Waals surface area contributed by atoms with Gasteiger partial charge in [-0.2, -0.15) is 5.10 Å². The van der Waals surface area contributed by atoms with Crippen molar-refractivity contribution in [2.75, 3.05) is 6.61 Å². The number of rotatable bonds is 5. The largest absolute Gasteiger partial charge is 0.503 e. The molecule has 3 rings (SSSR count). The highest BCUT2D eigenvalue weighted by Crippen LogP contribution is 2.28. The van der Waals surface area contributed by atoms with Gasteiger partial charge in [-0.1, -0.05) is 24.3 Å². The minimum atomic E-state index is -3.87. The average Bonchev–Trinajstić information content (AvgIpc) is 2.70. The third kappa shape index (κ3) is 3.61. The van der Waals surface area contributed by atoms with E-state index in [4.69, 9.17) is 4.74 Å². The molecule has 0 fully saturated rings. The maximum atomic E-state index is 13.1. The monoisotopic (exact) mass is 402 g/mol. The summed E-state index contributed by atoms with van der Waals surface area (Å²) in [5.74, 6) is -1.75. The van der Waals surface area contributed by atoms with Crippen molar-refractivity contribution in [1.29, 1.82) is 0 Å². The third-order valence-corrected chi connectivity index (χ3v) is 5.89. The van der Waals surface area contributed by atoms with Gasteiger partial charge < -0.3 is 9.84 Å². The molecule has 0 saturated heterocycles. The topological polar surface area (TPSA) is 116 Å². The number of sulfone groups is 1. The number of aromatic nitrogens is 2. The summed E-state index contributed by atoms with van der Waals surface area (Å²) in [4.78, 5) is 24.1. The van der Waals surface area contributed by atoms with Gasteiger partial charge in [0.05, 0.1) is 28.3 Å². The zero-order valence-corrected chi connectivity index (χ0v) is 15.8. The highest BCUT2D eigenvalue weighted by atomic mass is 32.2. The number of aromatic hydroxyl groups is 1. The normalized spacial score (nSPS) is 13.8. The average molecular weight is 402 g/mol. The predicted molar refractivity (Wildman–Crippen MR) is 101 cm³/mol. The molecule has 0 bridgehead atoms. The second-order valence-electron chi connectivity index (χ2n) is 5.91. The van der Waals surface area contributed by atoms with Crippen LogP contribution in [-0.4, -0.2) is 35.9 Å². The molecular formula is C19H18N2O6S. The van der Waals surface area contributed by atoms with Crippen molar-refractivity contribution >= 4 is 15.8 Å². The molecule has 1 aliphatic carbocycles. The van der Waals surface area contributed by atoms with E-state index in [2.05, 4.69) is 5.10 Å². The first-order chi connectivity index (χ1) is 13.4. The van der Waals surface area contributed by atoms with E-state index in [1.165, 1.54) is 18.2 Å². The number of hydrogen-bond donors (Lipinski definition) is 1. The number of hydrogen-bond acceptors (Lipinski definition) is 7. The van der Waals surface area contributed by atoms with Gasteiger partial charge in [-0.15, -0.1) is 0 Å². The van der Waals surface area contributed by atoms with Gasteiger partial charge in [0.2, 0.25) is 15.5 Å². The van der Waals surface area contributed by atoms with Crippen molar-refractivity contribution in [2.45, 2.75) is 24.7 Å². The number of carbonyl (C=O) groups excluding carboxylic acids is 1. The molecule has 1 aromatic heterocycles. The number of nitrogens with zero attached hydrogens (tertiary/aromatic N) is 2. The predicted octanol–water partition coefficient (Wildman–Crippen LogP) is 2.12. The number of carbonyl (C=O) groups is 1. The Morgan fingerprint density at radius 1 is 1.29 bits per heavy atom. The minimum absolute atomic E-state index is 0.0149. The van der Waals surface area contributed by atoms with Crippen molar-refractivity contribution < 1.29 is 23.1 Å². The summed E-state index contributed by atoms with van der Waals surface area (Å²) in [7, 11) is -3.87. The van der Waals surface area contributed by atoms with Crippen LogP contribution in [0.25, 0.3) is 5.69 Å². The fraction of sp³-hybridized carbons (Fsp3) is 0.211. The van der Waals surface area contributed by atoms with E-state index in [0.717, 1.165) is 17.3 Å². The van der Waals surface area contributed by atoms with Crippen LogP contribution in [-0.2, 0) is 14.6 Å². The molecule has 0 atom stereocenters. The Labute approximate surface area is 161 Å². The van der Waals surface area contributed by atoms with Crippen LogP contribution < -0.4 is 5.43 Å². The molecule has 28 heavy (non-hydrogen) atoms. The van der Waals surface area contributed by atoms with E-state index in [0.29, 0.717) is 6.42 Å². The summed E-state index contributed by atoms with van der Waals surface area (Å²) in [6.07, 6.45) is 7.28. The Morgan fingerprint density at radius 2 is 2.04 bits per heavy atom. The van der Waals surface area contributed by atoms with Crippen LogP contribution in [0.3, 0.4) is 0 Å². The van der Waals surface area contributed by atoms with E-state index in [9.17, 15) is 23.1 Å². The van der Waals surface area contributed by atoms with Gasteiger partial charge in [0, 0.05) is 0 Å². The second kappa shape index (κ2) is 7.81. The van der Waals surface area contributed by atoms with Gasteiger partial charge in [0.25, 0.3) is 5.43 Å². The molecule has 1 heterocycles. The molecule has 0 amide bonds. The van der Waals surface area contributed by atoms with E-state index in [1.54, 1.807) is 31.2 Å². The number of allylic oxidation sites excluding steroid dienone is 3. The van der Waals surface area contributed by atoms with Crippen LogP contribution in [0.4, 0.5) is 0 Å². The van der Waals surface area contributed by atoms with Crippen molar-refractivity contribution in [3.05, 3.63) is 69.5 Å². The lowest BCUT2D eigenvalue weighted by Gasteiger charge is -2.14. The number of benzene rings is 1. The summed E-state index contributed by atoms with van der Waals surface area (Å²) in [6.45, 7) is 1.58. The molecule has 0 aliphatic heterocycles. The summed E-state index contributed by atoms with van der Waals surface area (Å²) in [5, 5.41) is 13.9. The molecule has 0 radical (unpaired) electrons. The lowest BCUT2D eigenvalue weighted by Crippen LogP contribution is -2.23. The summed E-state index contributed by atoms with van der Waals surface area (Å²) >= 11 is 0. The smallest absolute Gasteiger partial charge is 0.363 e. The zero-order valence-electron chi connectivity index (χ0n) is 15.0. The molecular weight excluding hydrogens is 384 g/mol. The number of para-hydroxylation sites is 1. The number of esters is 1. The summed E-state index contributed by atoms with van der Waals surface area (Å²) in [6, 6.07) is 6.00. The quantitative estimate of drug-likeness (QED) is 0.762. The van der Waals surface area contributed by atoms with Crippen LogP contribution in [0.15, 0.2) is 63.3 Å². The Bertz CT molecular complexity index is 1150. The van der Waals surface area contributed by atoms with E-state index in [1.807, 2.05) is 0 Å². The zero-order chi connectivity index (χ0) is 20.3. The fourth-order valence-electron chi connectivity index (χ4n) is 2.72. The second-order valence-corrected chi connectivity index (χ2v) is 7.83. The molecule has 1 aliphatic rings. The summed E-state index contributed by atoms with van der Waals surface area (Å²) < 4.78 is 31.9. The molecule has 0 unspecified atom stereocenters. The van der Waals surface area contributed by atoms with Gasteiger partial charge in [0.1, 0.15) is 0 Å². The molecule has 0 saturated carbocycles. The first-order valence-electron chi connectivity index (χ1n) is 8.57. The lowest BCUT2D eigenvalue weighted by atomic mass is 10.2. The Morgan fingerprint density at radius 3 is 2.71 bits per heavy atom. The van der Waals surface area contributed by atoms with Crippen molar-refractivity contribution in [2.24, 2.45) is 0 Å². The van der Waals surface area contributed by atoms with Gasteiger partial charge in [0.15, 0.2) is 5.75 Å². The number of ether oxygens (including phenoxy) is 1. The Kier molecular flexibility index (Phi) is 5.46. The maximum Gasteiger partial charge on any atom is 0.363 e. The van der Waals surface area contributed by atoms with Crippen LogP contribution in [0.2, 0.25) is 0 Å².